The van der Waals surface area contributed by atoms with Crippen molar-refractivity contribution in [3.63, 3.8) is 0 Å². The van der Waals surface area contributed by atoms with E-state index in [0.717, 1.165) is 38.9 Å². The molecule has 0 aromatic carbocycles. The molecule has 8 nitrogen and oxygen atoms in total. The summed E-state index contributed by atoms with van der Waals surface area (Å²) in [4.78, 5) is 27.6. The normalized spacial score (nSPS) is 25.9. The van der Waals surface area contributed by atoms with Gasteiger partial charge in [0.2, 0.25) is 11.8 Å². The molecule has 0 aliphatic carbocycles. The molecule has 0 unspecified atom stereocenters. The number of nitrogens with two attached hydrogens (primary N) is 1. The predicted octanol–water partition coefficient (Wildman–Crippen LogP) is -0.964. The third kappa shape index (κ3) is 6.89. The van der Waals surface area contributed by atoms with E-state index >= 15 is 0 Å². The van der Waals surface area contributed by atoms with Crippen molar-refractivity contribution in [1.29, 1.82) is 0 Å². The highest BCUT2D eigenvalue weighted by Crippen LogP contribution is 2.19. The van der Waals surface area contributed by atoms with E-state index in [1.165, 1.54) is 0 Å². The van der Waals surface area contributed by atoms with Crippen LogP contribution >= 0.6 is 0 Å². The highest BCUT2D eigenvalue weighted by molar-refractivity contribution is 5.79. The van der Waals surface area contributed by atoms with Crippen molar-refractivity contribution in [3.05, 3.63) is 0 Å². The van der Waals surface area contributed by atoms with Gasteiger partial charge >= 0.3 is 0 Å². The highest BCUT2D eigenvalue weighted by Gasteiger charge is 2.31. The minimum atomic E-state index is -0.319. The van der Waals surface area contributed by atoms with Crippen molar-refractivity contribution in [2.45, 2.75) is 31.4 Å². The Hall–Kier alpha value is -1.22. The molecule has 2 rings (SSSR count). The molecule has 2 fully saturated rings. The number of ether oxygens (including phenoxy) is 2. The van der Waals surface area contributed by atoms with Gasteiger partial charge in [0.05, 0.1) is 31.9 Å². The molecule has 0 spiro atoms. The topological polar surface area (TPSA) is 97.1 Å². The van der Waals surface area contributed by atoms with Crippen LogP contribution in [0.25, 0.3) is 0 Å². The van der Waals surface area contributed by atoms with E-state index < -0.39 is 0 Å². The molecule has 8 heteroatoms. The van der Waals surface area contributed by atoms with E-state index in [9.17, 15) is 9.59 Å². The number of hydrogen-bond acceptors (Lipinski definition) is 6. The van der Waals surface area contributed by atoms with Crippen molar-refractivity contribution < 1.29 is 19.1 Å². The maximum atomic E-state index is 12.6. The van der Waals surface area contributed by atoms with Gasteiger partial charge in [-0.25, -0.2) is 0 Å². The number of carbonyl (C=O) groups excluding carboxylic acids is 2. The zero-order valence-electron chi connectivity index (χ0n) is 15.4. The summed E-state index contributed by atoms with van der Waals surface area (Å²) in [6.07, 6.45) is 2.31. The van der Waals surface area contributed by atoms with Crippen molar-refractivity contribution in [2.75, 3.05) is 60.1 Å². The number of likely N-dealkylation sites (N-methyl/N-ethyl adjacent to an activating group) is 1. The van der Waals surface area contributed by atoms with E-state index in [1.54, 1.807) is 0 Å². The molecule has 2 saturated heterocycles. The molecule has 0 bridgehead atoms. The van der Waals surface area contributed by atoms with Gasteiger partial charge in [0.15, 0.2) is 0 Å². The summed E-state index contributed by atoms with van der Waals surface area (Å²) in [6.45, 7) is 4.40. The van der Waals surface area contributed by atoms with Crippen molar-refractivity contribution in [3.8, 4) is 0 Å². The molecule has 0 aromatic rings. The minimum Gasteiger partial charge on any atom is -0.379 e. The number of hydrogen-bond donors (Lipinski definition) is 2. The van der Waals surface area contributed by atoms with Gasteiger partial charge < -0.3 is 25.4 Å². The summed E-state index contributed by atoms with van der Waals surface area (Å²) in [6, 6.07) is -0.0907. The lowest BCUT2D eigenvalue weighted by Crippen LogP contribution is -2.53. The molecular formula is C17H32N4O4. The van der Waals surface area contributed by atoms with Gasteiger partial charge in [-0.1, -0.05) is 0 Å². The zero-order chi connectivity index (χ0) is 18.2. The number of nitrogens with zero attached hydrogens (tertiary/aromatic N) is 2. The lowest BCUT2D eigenvalue weighted by Gasteiger charge is -2.35. The Balaban J connectivity index is 1.76. The third-order valence-corrected chi connectivity index (χ3v) is 4.83. The first kappa shape index (κ1) is 20.1. The lowest BCUT2D eigenvalue weighted by atomic mass is 9.95. The maximum absolute atomic E-state index is 12.6. The molecule has 0 radical (unpaired) electrons. The first-order chi connectivity index (χ1) is 12.0. The number of amides is 2. The molecule has 2 aliphatic heterocycles. The lowest BCUT2D eigenvalue weighted by molar-refractivity contribution is -0.131. The number of nitrogens with one attached hydrogen (secondary N) is 1. The predicted molar refractivity (Wildman–Crippen MR) is 94.0 cm³/mol. The average molecular weight is 356 g/mol. The molecule has 0 aromatic heterocycles. The quantitative estimate of drug-likeness (QED) is 0.581. The SMILES string of the molecule is CN(C)CCO[C@@H]1CCOC[C@@H]1NC(=O)C1CCN(CC(N)=O)CC1. The summed E-state index contributed by atoms with van der Waals surface area (Å²) in [5.41, 5.74) is 5.22. The number of rotatable bonds is 8. The van der Waals surface area contributed by atoms with E-state index in [1.807, 2.05) is 19.0 Å². The summed E-state index contributed by atoms with van der Waals surface area (Å²) in [5, 5.41) is 3.12. The Morgan fingerprint density at radius 2 is 2.00 bits per heavy atom. The molecule has 2 aliphatic rings. The first-order valence-corrected chi connectivity index (χ1v) is 9.11. The van der Waals surface area contributed by atoms with Gasteiger partial charge in [-0.2, -0.15) is 0 Å². The number of piperidine rings is 1. The average Bonchev–Trinajstić information content (AvgIpc) is 2.56. The van der Waals surface area contributed by atoms with Gasteiger partial charge in [-0.3, -0.25) is 14.5 Å². The summed E-state index contributed by atoms with van der Waals surface area (Å²) < 4.78 is 11.5. The maximum Gasteiger partial charge on any atom is 0.231 e. The number of likely N-dealkylation sites (tertiary alicyclic amines) is 1. The van der Waals surface area contributed by atoms with Gasteiger partial charge in [0, 0.05) is 19.1 Å². The number of carbonyl (C=O) groups is 2. The van der Waals surface area contributed by atoms with Crippen molar-refractivity contribution in [1.82, 2.24) is 15.1 Å². The monoisotopic (exact) mass is 356 g/mol. The van der Waals surface area contributed by atoms with Crippen LogP contribution in [0.1, 0.15) is 19.3 Å². The van der Waals surface area contributed by atoms with E-state index in [-0.39, 0.29) is 36.4 Å². The molecule has 25 heavy (non-hydrogen) atoms. The number of primary amides is 1. The summed E-state index contributed by atoms with van der Waals surface area (Å²) in [5.74, 6) is -0.274. The van der Waals surface area contributed by atoms with Crippen LogP contribution in [0.15, 0.2) is 0 Å². The van der Waals surface area contributed by atoms with Gasteiger partial charge in [0.25, 0.3) is 0 Å². The van der Waals surface area contributed by atoms with Crippen LogP contribution in [0.3, 0.4) is 0 Å². The van der Waals surface area contributed by atoms with Crippen molar-refractivity contribution >= 4 is 11.8 Å². The highest BCUT2D eigenvalue weighted by atomic mass is 16.5. The Kier molecular flexibility index (Phi) is 8.08. The summed E-state index contributed by atoms with van der Waals surface area (Å²) >= 11 is 0. The van der Waals surface area contributed by atoms with Crippen LogP contribution in [0, 0.1) is 5.92 Å². The molecule has 2 atom stereocenters. The Morgan fingerprint density at radius 1 is 1.28 bits per heavy atom. The fourth-order valence-corrected chi connectivity index (χ4v) is 3.31. The zero-order valence-corrected chi connectivity index (χ0v) is 15.4. The second-order valence-corrected chi connectivity index (χ2v) is 7.21. The largest absolute Gasteiger partial charge is 0.379 e. The van der Waals surface area contributed by atoms with Crippen molar-refractivity contribution in [2.24, 2.45) is 11.7 Å². The molecule has 3 N–H and O–H groups in total. The Morgan fingerprint density at radius 3 is 2.64 bits per heavy atom. The van der Waals surface area contributed by atoms with E-state index in [4.69, 9.17) is 15.2 Å². The molecule has 144 valence electrons. The van der Waals surface area contributed by atoms with Crippen LogP contribution in [-0.4, -0.2) is 93.9 Å². The standard InChI is InChI=1S/C17H32N4O4/c1-20(2)8-10-25-15-5-9-24-12-14(15)19-17(23)13-3-6-21(7-4-13)11-16(18)22/h13-15H,3-12H2,1-2H3,(H2,18,22)(H,19,23)/t14-,15+/m0/s1. The van der Waals surface area contributed by atoms with E-state index in [2.05, 4.69) is 10.2 Å². The smallest absolute Gasteiger partial charge is 0.231 e. The van der Waals surface area contributed by atoms with Crippen LogP contribution in [0.4, 0.5) is 0 Å². The van der Waals surface area contributed by atoms with Gasteiger partial charge in [-0.05, 0) is 46.4 Å². The Bertz CT molecular complexity index is 438. The fourth-order valence-electron chi connectivity index (χ4n) is 3.31. The first-order valence-electron chi connectivity index (χ1n) is 9.11. The molecule has 2 heterocycles. The Labute approximate surface area is 150 Å². The third-order valence-electron chi connectivity index (χ3n) is 4.83. The fraction of sp³-hybridized carbons (Fsp3) is 0.882. The second kappa shape index (κ2) is 10.1. The summed E-state index contributed by atoms with van der Waals surface area (Å²) in [7, 11) is 4.02. The molecule has 2 amide bonds. The minimum absolute atomic E-state index is 0.00704. The van der Waals surface area contributed by atoms with E-state index in [0.29, 0.717) is 19.8 Å². The van der Waals surface area contributed by atoms with Crippen LogP contribution < -0.4 is 11.1 Å². The van der Waals surface area contributed by atoms with Crippen LogP contribution in [-0.2, 0) is 19.1 Å². The van der Waals surface area contributed by atoms with Gasteiger partial charge in [-0.15, -0.1) is 0 Å². The molecular weight excluding hydrogens is 324 g/mol. The van der Waals surface area contributed by atoms with Crippen LogP contribution in [0.2, 0.25) is 0 Å². The van der Waals surface area contributed by atoms with Gasteiger partial charge in [0.1, 0.15) is 0 Å². The van der Waals surface area contributed by atoms with Crippen LogP contribution in [0.5, 0.6) is 0 Å². The second-order valence-electron chi connectivity index (χ2n) is 7.21. The molecule has 0 saturated carbocycles.